The maximum Gasteiger partial charge on any atom is 0.329 e. The normalized spacial score (nSPS) is 13.6. The summed E-state index contributed by atoms with van der Waals surface area (Å²) in [6.07, 6.45) is 6.24. The van der Waals surface area contributed by atoms with E-state index in [0.717, 1.165) is 0 Å². The fourth-order valence-electron chi connectivity index (χ4n) is 6.89. The smallest absolute Gasteiger partial charge is 0.329 e. The predicted molar refractivity (Wildman–Crippen MR) is 260 cm³/mol. The summed E-state index contributed by atoms with van der Waals surface area (Å²) in [5.74, 6) is -4.74. The minimum absolute atomic E-state index is 0.0737. The molecule has 2 rings (SSSR count). The molecule has 2 amide bonds. The van der Waals surface area contributed by atoms with Crippen LogP contribution in [0, 0.1) is 5.92 Å². The molecule has 3 N–H and O–H groups in total. The molecular weight excluding hydrogens is 923 g/mol. The Morgan fingerprint density at radius 2 is 0.958 bits per heavy atom. The summed E-state index contributed by atoms with van der Waals surface area (Å²) in [5, 5.41) is 15.2. The van der Waals surface area contributed by atoms with Gasteiger partial charge in [-0.3, -0.25) is 28.9 Å². The first kappa shape index (κ1) is 61.3. The van der Waals surface area contributed by atoms with Gasteiger partial charge in [0.15, 0.2) is 0 Å². The fraction of sp³-hybridized carbons (Fsp3) is 0.720. The van der Waals surface area contributed by atoms with Crippen LogP contribution in [-0.4, -0.2) is 123 Å². The van der Waals surface area contributed by atoms with Crippen molar-refractivity contribution >= 4 is 47.6 Å². The van der Waals surface area contributed by atoms with Crippen LogP contribution in [0.15, 0.2) is 24.8 Å². The van der Waals surface area contributed by atoms with E-state index in [9.17, 15) is 43.5 Å². The molecule has 0 aliphatic heterocycles. The van der Waals surface area contributed by atoms with Crippen molar-refractivity contribution in [2.24, 2.45) is 5.92 Å². The SMILES string of the molecule is CC(C)(C)OC(=O)CC[C@H](NC(=O)N[C@@H](CCC(=O)C[C@@H](CCCCN(Cc1nccn1CC(=O)OC(C)(C)C)Cc1nccn1CC(=O)OC(C)(C)C)C(=O)O)C(=O)OC(C)(C)C)C(=O)OC(C)(C)C. The van der Waals surface area contributed by atoms with Gasteiger partial charge in [-0.15, -0.1) is 0 Å². The monoisotopic (exact) mass is 1000 g/mol. The van der Waals surface area contributed by atoms with Gasteiger partial charge in [-0.05, 0) is 136 Å². The van der Waals surface area contributed by atoms with Crippen LogP contribution in [0.1, 0.15) is 167 Å². The van der Waals surface area contributed by atoms with E-state index in [0.29, 0.717) is 31.0 Å². The molecule has 2 aromatic heterocycles. The van der Waals surface area contributed by atoms with Crippen LogP contribution in [0.5, 0.6) is 0 Å². The number of ether oxygens (including phenoxy) is 5. The van der Waals surface area contributed by atoms with Gasteiger partial charge in [0.05, 0.1) is 19.0 Å². The summed E-state index contributed by atoms with van der Waals surface area (Å²) in [6, 6.07) is -3.66. The molecule has 21 heteroatoms. The number of hydrogen-bond acceptors (Lipinski definition) is 16. The minimum atomic E-state index is -1.38. The standard InChI is InChI=1S/C50H81N7O14/c1-46(2,3)67-39(59)22-21-36(44(65)71-50(13,14)15)54-45(66)53-35(43(64)70-49(10,11)12)20-19-34(58)28-33(42(62)63)18-16-17-25-55(29-37-51-23-26-56(37)31-40(60)68-47(4,5)6)30-38-52-24-27-57(38)32-41(61)69-48(7,8)9/h23-24,26-27,33,35-36H,16-22,25,28-32H2,1-15H3,(H,62,63)(H2,53,54,66)/t33-,35+,36+/m1/s1. The van der Waals surface area contributed by atoms with Crippen LogP contribution in [0.3, 0.4) is 0 Å². The molecule has 0 fully saturated rings. The largest absolute Gasteiger partial charge is 0.481 e. The summed E-state index contributed by atoms with van der Waals surface area (Å²) in [5.41, 5.74) is -4.06. The zero-order chi connectivity index (χ0) is 54.1. The summed E-state index contributed by atoms with van der Waals surface area (Å²) in [6.45, 7) is 26.3. The van der Waals surface area contributed by atoms with Gasteiger partial charge in [0.1, 0.15) is 70.6 Å². The molecule has 0 aliphatic rings. The number of esters is 5. The minimum Gasteiger partial charge on any atom is -0.481 e. The number of unbranched alkanes of at least 4 members (excludes halogenated alkanes) is 1. The number of carboxylic acids is 1. The topological polar surface area (TPSA) is 266 Å². The number of rotatable bonds is 26. The molecule has 0 saturated heterocycles. The van der Waals surface area contributed by atoms with Crippen LogP contribution in [0.25, 0.3) is 0 Å². The molecule has 3 atom stereocenters. The first-order valence-corrected chi connectivity index (χ1v) is 24.1. The van der Waals surface area contributed by atoms with Crippen molar-refractivity contribution < 1.29 is 67.1 Å². The molecule has 0 unspecified atom stereocenters. The number of ketones is 1. The number of amides is 2. The predicted octanol–water partition coefficient (Wildman–Crippen LogP) is 6.22. The molecule has 21 nitrogen and oxygen atoms in total. The quantitative estimate of drug-likeness (QED) is 0.0536. The first-order valence-electron chi connectivity index (χ1n) is 24.1. The van der Waals surface area contributed by atoms with Crippen LogP contribution >= 0.6 is 0 Å². The number of imidazole rings is 2. The molecule has 2 aromatic rings. The average Bonchev–Trinajstić information content (AvgIpc) is 3.80. The van der Waals surface area contributed by atoms with Crippen LogP contribution in [0.2, 0.25) is 0 Å². The number of carbonyl (C=O) groups is 8. The number of nitrogens with one attached hydrogen (secondary N) is 2. The van der Waals surface area contributed by atoms with Crippen molar-refractivity contribution in [2.75, 3.05) is 6.54 Å². The number of carbonyl (C=O) groups excluding carboxylic acids is 7. The van der Waals surface area contributed by atoms with Gasteiger partial charge < -0.3 is 48.6 Å². The van der Waals surface area contributed by atoms with Crippen molar-refractivity contribution in [3.05, 3.63) is 36.4 Å². The average molecular weight is 1000 g/mol. The van der Waals surface area contributed by atoms with Gasteiger partial charge >= 0.3 is 41.8 Å². The van der Waals surface area contributed by atoms with Crippen molar-refractivity contribution in [1.82, 2.24) is 34.6 Å². The molecule has 400 valence electrons. The number of Topliss-reactive ketones (excluding diaryl/α,β-unsaturated/α-hetero) is 1. The van der Waals surface area contributed by atoms with E-state index < -0.39 is 93.6 Å². The Morgan fingerprint density at radius 1 is 0.563 bits per heavy atom. The number of carboxylic acid groups (broad SMARTS) is 1. The van der Waals surface area contributed by atoms with Gasteiger partial charge in [-0.25, -0.2) is 24.4 Å². The highest BCUT2D eigenvalue weighted by Crippen LogP contribution is 2.20. The second-order valence-electron chi connectivity index (χ2n) is 22.6. The van der Waals surface area contributed by atoms with Crippen molar-refractivity contribution in [3.63, 3.8) is 0 Å². The van der Waals surface area contributed by atoms with E-state index in [1.54, 1.807) is 138 Å². The lowest BCUT2D eigenvalue weighted by atomic mass is 9.94. The molecule has 0 saturated carbocycles. The zero-order valence-electron chi connectivity index (χ0n) is 44.7. The molecule has 0 spiro atoms. The Morgan fingerprint density at radius 3 is 1.35 bits per heavy atom. The summed E-state index contributed by atoms with van der Waals surface area (Å²) in [4.78, 5) is 115. The van der Waals surface area contributed by atoms with Crippen LogP contribution in [-0.2, 0) is 83.4 Å². The van der Waals surface area contributed by atoms with E-state index >= 15 is 0 Å². The second kappa shape index (κ2) is 26.5. The molecule has 0 aromatic carbocycles. The van der Waals surface area contributed by atoms with E-state index in [-0.39, 0.29) is 64.7 Å². The van der Waals surface area contributed by atoms with Crippen molar-refractivity contribution in [3.8, 4) is 0 Å². The van der Waals surface area contributed by atoms with Gasteiger partial charge in [-0.1, -0.05) is 6.42 Å². The molecule has 0 aliphatic carbocycles. The van der Waals surface area contributed by atoms with Crippen molar-refractivity contribution in [2.45, 2.75) is 221 Å². The second-order valence-corrected chi connectivity index (χ2v) is 22.6. The Hall–Kier alpha value is -5.86. The van der Waals surface area contributed by atoms with E-state index in [2.05, 4.69) is 20.6 Å². The number of aromatic nitrogens is 4. The highest BCUT2D eigenvalue weighted by molar-refractivity contribution is 5.89. The Kier molecular flexibility index (Phi) is 22.9. The molecule has 0 bridgehead atoms. The maximum absolute atomic E-state index is 13.4. The van der Waals surface area contributed by atoms with Crippen LogP contribution in [0.4, 0.5) is 4.79 Å². The number of hydrogen-bond donors (Lipinski definition) is 3. The van der Waals surface area contributed by atoms with Gasteiger partial charge in [-0.2, -0.15) is 0 Å². The lowest BCUT2D eigenvalue weighted by molar-refractivity contribution is -0.159. The first-order chi connectivity index (χ1) is 32.5. The maximum atomic E-state index is 13.4. The van der Waals surface area contributed by atoms with Crippen LogP contribution < -0.4 is 10.6 Å². The van der Waals surface area contributed by atoms with E-state index in [1.807, 2.05) is 4.90 Å². The third kappa shape index (κ3) is 26.8. The summed E-state index contributed by atoms with van der Waals surface area (Å²) in [7, 11) is 0. The lowest BCUT2D eigenvalue weighted by Crippen LogP contribution is -2.53. The molecular formula is C50H81N7O14. The number of nitrogens with zero attached hydrogens (tertiary/aromatic N) is 5. The van der Waals surface area contributed by atoms with Gasteiger partial charge in [0, 0.05) is 44.0 Å². The fourth-order valence-corrected chi connectivity index (χ4v) is 6.89. The van der Waals surface area contributed by atoms with E-state index in [4.69, 9.17) is 23.7 Å². The Labute approximate surface area is 418 Å². The van der Waals surface area contributed by atoms with Gasteiger partial charge in [0.25, 0.3) is 0 Å². The third-order valence-electron chi connectivity index (χ3n) is 9.63. The van der Waals surface area contributed by atoms with Gasteiger partial charge in [0.2, 0.25) is 0 Å². The zero-order valence-corrected chi connectivity index (χ0v) is 44.7. The Bertz CT molecular complexity index is 2040. The summed E-state index contributed by atoms with van der Waals surface area (Å²) < 4.78 is 30.8. The van der Waals surface area contributed by atoms with Crippen molar-refractivity contribution in [1.29, 1.82) is 0 Å². The van der Waals surface area contributed by atoms with E-state index in [1.165, 1.54) is 0 Å². The third-order valence-corrected chi connectivity index (χ3v) is 9.63. The molecule has 71 heavy (non-hydrogen) atoms. The highest BCUT2D eigenvalue weighted by atomic mass is 16.6. The lowest BCUT2D eigenvalue weighted by Gasteiger charge is -2.27. The molecule has 2 heterocycles. The highest BCUT2D eigenvalue weighted by Gasteiger charge is 2.33. The number of urea groups is 1. The molecule has 0 radical (unpaired) electrons. The Balaban J connectivity index is 2.20. The summed E-state index contributed by atoms with van der Waals surface area (Å²) >= 11 is 0. The number of aliphatic carboxylic acids is 1.